The number of nitrogens with one attached hydrogen (secondary N) is 1. The first-order valence-corrected chi connectivity index (χ1v) is 7.37. The maximum atomic E-state index is 12.3. The maximum Gasteiger partial charge on any atom is 0.224 e. The van der Waals surface area contributed by atoms with Crippen molar-refractivity contribution in [2.75, 3.05) is 26.2 Å². The average Bonchev–Trinajstić information content (AvgIpc) is 2.70. The smallest absolute Gasteiger partial charge is 0.224 e. The van der Waals surface area contributed by atoms with Crippen molar-refractivity contribution >= 4 is 16.8 Å². The van der Waals surface area contributed by atoms with Crippen LogP contribution in [0.25, 0.3) is 10.9 Å². The standard InChI is InChI=1S/C16H21N3O/c20-16(19-10-3-8-17-9-13-19)7-12-18-11-6-14-4-1-2-5-15(14)18/h1-2,4-6,11,17H,3,7-10,12-13H2. The molecule has 1 amide bonds. The molecule has 0 bridgehead atoms. The van der Waals surface area contributed by atoms with Gasteiger partial charge in [0.2, 0.25) is 5.91 Å². The van der Waals surface area contributed by atoms with Gasteiger partial charge >= 0.3 is 0 Å². The summed E-state index contributed by atoms with van der Waals surface area (Å²) in [6.45, 7) is 4.42. The fourth-order valence-corrected chi connectivity index (χ4v) is 2.80. The zero-order valence-corrected chi connectivity index (χ0v) is 11.7. The number of fused-ring (bicyclic) bond motifs is 1. The van der Waals surface area contributed by atoms with Gasteiger partial charge in [-0.2, -0.15) is 0 Å². The zero-order chi connectivity index (χ0) is 13.8. The van der Waals surface area contributed by atoms with E-state index in [1.54, 1.807) is 0 Å². The third kappa shape index (κ3) is 2.85. The summed E-state index contributed by atoms with van der Waals surface area (Å²) >= 11 is 0. The molecule has 4 heteroatoms. The molecule has 106 valence electrons. The van der Waals surface area contributed by atoms with E-state index in [4.69, 9.17) is 0 Å². The first kappa shape index (κ1) is 13.2. The molecule has 1 aliphatic heterocycles. The largest absolute Gasteiger partial charge is 0.347 e. The van der Waals surface area contributed by atoms with Crippen molar-refractivity contribution in [2.24, 2.45) is 0 Å². The van der Waals surface area contributed by atoms with Crippen LogP contribution in [0.3, 0.4) is 0 Å². The van der Waals surface area contributed by atoms with Crippen molar-refractivity contribution in [3.63, 3.8) is 0 Å². The monoisotopic (exact) mass is 271 g/mol. The van der Waals surface area contributed by atoms with Crippen LogP contribution in [0.4, 0.5) is 0 Å². The predicted molar refractivity (Wildman–Crippen MR) is 80.6 cm³/mol. The highest BCUT2D eigenvalue weighted by Crippen LogP contribution is 2.15. The molecule has 0 radical (unpaired) electrons. The van der Waals surface area contributed by atoms with Gasteiger partial charge in [0.15, 0.2) is 0 Å². The van der Waals surface area contributed by atoms with Crippen LogP contribution in [0.15, 0.2) is 36.5 Å². The second kappa shape index (κ2) is 6.09. The third-order valence-electron chi connectivity index (χ3n) is 3.94. The highest BCUT2D eigenvalue weighted by molar-refractivity contribution is 5.80. The number of hydrogen-bond donors (Lipinski definition) is 1. The summed E-state index contributed by atoms with van der Waals surface area (Å²) in [5.41, 5.74) is 1.21. The fourth-order valence-electron chi connectivity index (χ4n) is 2.80. The summed E-state index contributed by atoms with van der Waals surface area (Å²) in [5, 5.41) is 4.56. The fraction of sp³-hybridized carbons (Fsp3) is 0.438. The molecule has 1 aromatic carbocycles. The second-order valence-corrected chi connectivity index (χ2v) is 5.30. The maximum absolute atomic E-state index is 12.3. The quantitative estimate of drug-likeness (QED) is 0.925. The van der Waals surface area contributed by atoms with E-state index in [9.17, 15) is 4.79 Å². The van der Waals surface area contributed by atoms with E-state index in [1.165, 1.54) is 10.9 Å². The highest BCUT2D eigenvalue weighted by Gasteiger charge is 2.15. The molecule has 0 atom stereocenters. The van der Waals surface area contributed by atoms with E-state index >= 15 is 0 Å². The molecule has 0 spiro atoms. The van der Waals surface area contributed by atoms with E-state index in [2.05, 4.69) is 34.3 Å². The Hall–Kier alpha value is -1.81. The summed E-state index contributed by atoms with van der Waals surface area (Å²) in [6, 6.07) is 10.4. The minimum atomic E-state index is 0.270. The molecule has 20 heavy (non-hydrogen) atoms. The van der Waals surface area contributed by atoms with Gasteiger partial charge in [-0.15, -0.1) is 0 Å². The number of amides is 1. The molecule has 1 fully saturated rings. The van der Waals surface area contributed by atoms with Crippen LogP contribution >= 0.6 is 0 Å². The minimum absolute atomic E-state index is 0.270. The highest BCUT2D eigenvalue weighted by atomic mass is 16.2. The Bertz CT molecular complexity index is 582. The summed E-state index contributed by atoms with van der Waals surface area (Å²) < 4.78 is 2.17. The first-order chi connectivity index (χ1) is 9.84. The minimum Gasteiger partial charge on any atom is -0.347 e. The van der Waals surface area contributed by atoms with Crippen molar-refractivity contribution in [1.82, 2.24) is 14.8 Å². The molecule has 2 aromatic rings. The Kier molecular flexibility index (Phi) is 4.02. The zero-order valence-electron chi connectivity index (χ0n) is 11.7. The van der Waals surface area contributed by atoms with Crippen LogP contribution in [-0.2, 0) is 11.3 Å². The van der Waals surface area contributed by atoms with Crippen molar-refractivity contribution in [3.05, 3.63) is 36.5 Å². The summed E-state index contributed by atoms with van der Waals surface area (Å²) in [6.07, 6.45) is 3.71. The summed E-state index contributed by atoms with van der Waals surface area (Å²) in [7, 11) is 0. The van der Waals surface area contributed by atoms with Gasteiger partial charge in [-0.25, -0.2) is 0 Å². The van der Waals surface area contributed by atoms with E-state index in [0.29, 0.717) is 6.42 Å². The lowest BCUT2D eigenvalue weighted by atomic mass is 10.2. The molecule has 0 unspecified atom stereocenters. The molecular formula is C16H21N3O. The lowest BCUT2D eigenvalue weighted by molar-refractivity contribution is -0.131. The van der Waals surface area contributed by atoms with E-state index in [-0.39, 0.29) is 5.91 Å². The van der Waals surface area contributed by atoms with Gasteiger partial charge in [0.25, 0.3) is 0 Å². The molecule has 1 N–H and O–H groups in total. The molecule has 0 saturated carbocycles. The van der Waals surface area contributed by atoms with Crippen molar-refractivity contribution in [2.45, 2.75) is 19.4 Å². The van der Waals surface area contributed by atoms with Crippen LogP contribution in [0.1, 0.15) is 12.8 Å². The molecule has 1 aliphatic rings. The molecule has 2 heterocycles. The van der Waals surface area contributed by atoms with E-state index in [1.807, 2.05) is 17.0 Å². The van der Waals surface area contributed by atoms with Gasteiger partial charge in [-0.3, -0.25) is 4.79 Å². The molecule has 1 saturated heterocycles. The van der Waals surface area contributed by atoms with E-state index < -0.39 is 0 Å². The number of para-hydroxylation sites is 1. The number of rotatable bonds is 3. The number of benzene rings is 1. The van der Waals surface area contributed by atoms with Gasteiger partial charge in [0, 0.05) is 44.3 Å². The predicted octanol–water partition coefficient (Wildman–Crippen LogP) is 1.85. The third-order valence-corrected chi connectivity index (χ3v) is 3.94. The Labute approximate surface area is 119 Å². The lowest BCUT2D eigenvalue weighted by Gasteiger charge is -2.20. The van der Waals surface area contributed by atoms with Gasteiger partial charge in [0.1, 0.15) is 0 Å². The summed E-state index contributed by atoms with van der Waals surface area (Å²) in [5.74, 6) is 0.270. The Balaban J connectivity index is 1.62. The number of hydrogen-bond acceptors (Lipinski definition) is 2. The number of carbonyl (C=O) groups is 1. The first-order valence-electron chi connectivity index (χ1n) is 7.37. The molecular weight excluding hydrogens is 250 g/mol. The number of aromatic nitrogens is 1. The van der Waals surface area contributed by atoms with Crippen LogP contribution < -0.4 is 5.32 Å². The molecule has 4 nitrogen and oxygen atoms in total. The van der Waals surface area contributed by atoms with Crippen molar-refractivity contribution < 1.29 is 4.79 Å². The summed E-state index contributed by atoms with van der Waals surface area (Å²) in [4.78, 5) is 14.3. The van der Waals surface area contributed by atoms with Gasteiger partial charge in [0.05, 0.1) is 0 Å². The number of carbonyl (C=O) groups excluding carboxylic acids is 1. The normalized spacial score (nSPS) is 16.3. The van der Waals surface area contributed by atoms with Crippen LogP contribution in [0, 0.1) is 0 Å². The van der Waals surface area contributed by atoms with Crippen molar-refractivity contribution in [1.29, 1.82) is 0 Å². The Morgan fingerprint density at radius 2 is 2.05 bits per heavy atom. The van der Waals surface area contributed by atoms with Crippen LogP contribution in [-0.4, -0.2) is 41.6 Å². The Morgan fingerprint density at radius 1 is 1.15 bits per heavy atom. The van der Waals surface area contributed by atoms with E-state index in [0.717, 1.165) is 39.1 Å². The molecule has 0 aliphatic carbocycles. The van der Waals surface area contributed by atoms with Gasteiger partial charge in [-0.05, 0) is 30.5 Å². The topological polar surface area (TPSA) is 37.3 Å². The van der Waals surface area contributed by atoms with Crippen molar-refractivity contribution in [3.8, 4) is 0 Å². The Morgan fingerprint density at radius 3 is 3.00 bits per heavy atom. The molecule has 3 rings (SSSR count). The SMILES string of the molecule is O=C(CCn1ccc2ccccc21)N1CCCNCC1. The molecule has 1 aromatic heterocycles. The van der Waals surface area contributed by atoms with Gasteiger partial charge in [-0.1, -0.05) is 18.2 Å². The second-order valence-electron chi connectivity index (χ2n) is 5.30. The number of aryl methyl sites for hydroxylation is 1. The van der Waals surface area contributed by atoms with Crippen LogP contribution in [0.2, 0.25) is 0 Å². The average molecular weight is 271 g/mol. The number of nitrogens with zero attached hydrogens (tertiary/aromatic N) is 2. The van der Waals surface area contributed by atoms with Crippen LogP contribution in [0.5, 0.6) is 0 Å². The lowest BCUT2D eigenvalue weighted by Crippen LogP contribution is -2.34. The van der Waals surface area contributed by atoms with Gasteiger partial charge < -0.3 is 14.8 Å².